The second-order valence-corrected chi connectivity index (χ2v) is 6.62. The molecule has 0 saturated heterocycles. The van der Waals surface area contributed by atoms with Gasteiger partial charge in [-0.2, -0.15) is 5.10 Å². The highest BCUT2D eigenvalue weighted by atomic mass is 127. The largest absolute Gasteiger partial charge is 0.268 e. The average Bonchev–Trinajstić information content (AvgIpc) is 2.91. The first-order valence-electron chi connectivity index (χ1n) is 6.24. The van der Waals surface area contributed by atoms with E-state index in [4.69, 9.17) is 0 Å². The molecule has 100 valence electrons. The molecule has 0 unspecified atom stereocenters. The molecule has 20 heavy (non-hydrogen) atoms. The van der Waals surface area contributed by atoms with E-state index in [1.807, 2.05) is 23.0 Å². The quantitative estimate of drug-likeness (QED) is 0.528. The van der Waals surface area contributed by atoms with Crippen LogP contribution in [0.5, 0.6) is 0 Å². The summed E-state index contributed by atoms with van der Waals surface area (Å²) in [4.78, 5) is 0. The van der Waals surface area contributed by atoms with Crippen LogP contribution in [0.1, 0.15) is 5.56 Å². The van der Waals surface area contributed by atoms with E-state index in [-0.39, 0.29) is 0 Å². The van der Waals surface area contributed by atoms with Crippen LogP contribution in [-0.4, -0.2) is 9.78 Å². The van der Waals surface area contributed by atoms with Crippen LogP contribution >= 0.6 is 38.5 Å². The summed E-state index contributed by atoms with van der Waals surface area (Å²) in [7, 11) is 0. The molecule has 2 nitrogen and oxygen atoms in total. The summed E-state index contributed by atoms with van der Waals surface area (Å²) in [6.45, 7) is 0.770. The van der Waals surface area contributed by atoms with Gasteiger partial charge < -0.3 is 0 Å². The smallest absolute Gasteiger partial charge is 0.0670 e. The van der Waals surface area contributed by atoms with Gasteiger partial charge in [-0.3, -0.25) is 4.68 Å². The van der Waals surface area contributed by atoms with Crippen molar-refractivity contribution in [1.82, 2.24) is 9.78 Å². The van der Waals surface area contributed by atoms with Crippen LogP contribution in [0.3, 0.4) is 0 Å². The van der Waals surface area contributed by atoms with Crippen molar-refractivity contribution in [3.63, 3.8) is 0 Å². The van der Waals surface area contributed by atoms with Crippen molar-refractivity contribution in [2.45, 2.75) is 6.54 Å². The van der Waals surface area contributed by atoms with Crippen molar-refractivity contribution in [3.05, 3.63) is 74.5 Å². The Morgan fingerprint density at radius 2 is 1.75 bits per heavy atom. The molecule has 0 aliphatic heterocycles. The Morgan fingerprint density at radius 3 is 2.50 bits per heavy atom. The fourth-order valence-electron chi connectivity index (χ4n) is 2.04. The van der Waals surface area contributed by atoms with Crippen molar-refractivity contribution in [3.8, 4) is 11.1 Å². The van der Waals surface area contributed by atoms with Crippen LogP contribution in [0.25, 0.3) is 11.1 Å². The van der Waals surface area contributed by atoms with Gasteiger partial charge in [0.15, 0.2) is 0 Å². The first kappa shape index (κ1) is 13.8. The van der Waals surface area contributed by atoms with Gasteiger partial charge in [0, 0.05) is 19.8 Å². The number of benzene rings is 2. The molecule has 0 bridgehead atoms. The van der Waals surface area contributed by atoms with Gasteiger partial charge in [0.05, 0.1) is 12.7 Å². The van der Waals surface area contributed by atoms with Gasteiger partial charge in [0.25, 0.3) is 0 Å². The minimum Gasteiger partial charge on any atom is -0.268 e. The number of halogens is 2. The van der Waals surface area contributed by atoms with Crippen LogP contribution < -0.4 is 0 Å². The van der Waals surface area contributed by atoms with Gasteiger partial charge in [-0.25, -0.2) is 0 Å². The lowest BCUT2D eigenvalue weighted by Gasteiger charge is -2.04. The zero-order valence-corrected chi connectivity index (χ0v) is 14.4. The molecule has 0 spiro atoms. The lowest BCUT2D eigenvalue weighted by atomic mass is 10.1. The lowest BCUT2D eigenvalue weighted by Crippen LogP contribution is -2.00. The third-order valence-electron chi connectivity index (χ3n) is 3.10. The molecule has 1 aromatic heterocycles. The maximum atomic E-state index is 4.45. The summed E-state index contributed by atoms with van der Waals surface area (Å²) in [6.07, 6.45) is 4.00. The van der Waals surface area contributed by atoms with Crippen LogP contribution in [0.4, 0.5) is 0 Å². The van der Waals surface area contributed by atoms with E-state index in [1.165, 1.54) is 14.7 Å². The van der Waals surface area contributed by atoms with Gasteiger partial charge in [-0.05, 0) is 51.9 Å². The molecule has 3 rings (SSSR count). The van der Waals surface area contributed by atoms with Crippen molar-refractivity contribution < 1.29 is 0 Å². The molecule has 0 fully saturated rings. The average molecular weight is 439 g/mol. The summed E-state index contributed by atoms with van der Waals surface area (Å²) in [6, 6.07) is 16.7. The molecule has 0 N–H and O–H groups in total. The SMILES string of the molecule is Brc1ccccc1Cn1cc(-c2ccc(I)cc2)cn1. The molecule has 3 aromatic rings. The molecule has 0 aliphatic rings. The molecule has 1 heterocycles. The summed E-state index contributed by atoms with van der Waals surface area (Å²) >= 11 is 5.89. The first-order chi connectivity index (χ1) is 9.72. The maximum Gasteiger partial charge on any atom is 0.0670 e. The van der Waals surface area contributed by atoms with E-state index in [0.29, 0.717) is 0 Å². The van der Waals surface area contributed by atoms with Gasteiger partial charge in [0.2, 0.25) is 0 Å². The lowest BCUT2D eigenvalue weighted by molar-refractivity contribution is 0.685. The third kappa shape index (κ3) is 3.12. The van der Waals surface area contributed by atoms with Gasteiger partial charge in [-0.15, -0.1) is 0 Å². The second kappa shape index (κ2) is 6.10. The highest BCUT2D eigenvalue weighted by molar-refractivity contribution is 14.1. The van der Waals surface area contributed by atoms with Crippen molar-refractivity contribution in [2.24, 2.45) is 0 Å². The van der Waals surface area contributed by atoms with E-state index < -0.39 is 0 Å². The fraction of sp³-hybridized carbons (Fsp3) is 0.0625. The van der Waals surface area contributed by atoms with E-state index in [1.54, 1.807) is 0 Å². The van der Waals surface area contributed by atoms with Gasteiger partial charge >= 0.3 is 0 Å². The number of aromatic nitrogens is 2. The third-order valence-corrected chi connectivity index (χ3v) is 4.59. The number of nitrogens with zero attached hydrogens (tertiary/aromatic N) is 2. The summed E-state index contributed by atoms with van der Waals surface area (Å²) < 4.78 is 4.33. The van der Waals surface area contributed by atoms with Crippen molar-refractivity contribution >= 4 is 38.5 Å². The number of hydrogen-bond acceptors (Lipinski definition) is 1. The predicted octanol–water partition coefficient (Wildman–Crippen LogP) is 4.97. The van der Waals surface area contributed by atoms with Crippen LogP contribution in [-0.2, 0) is 6.54 Å². The topological polar surface area (TPSA) is 17.8 Å². The zero-order chi connectivity index (χ0) is 13.9. The molecular formula is C16H12BrIN2. The van der Waals surface area contributed by atoms with Crippen LogP contribution in [0.15, 0.2) is 65.4 Å². The maximum absolute atomic E-state index is 4.45. The first-order valence-corrected chi connectivity index (χ1v) is 8.11. The number of hydrogen-bond donors (Lipinski definition) is 0. The van der Waals surface area contributed by atoms with Crippen molar-refractivity contribution in [1.29, 1.82) is 0 Å². The molecule has 0 atom stereocenters. The zero-order valence-electron chi connectivity index (χ0n) is 10.6. The molecule has 0 radical (unpaired) electrons. The van der Waals surface area contributed by atoms with Crippen molar-refractivity contribution in [2.75, 3.05) is 0 Å². The van der Waals surface area contributed by atoms with E-state index in [2.05, 4.69) is 86.2 Å². The fourth-order valence-corrected chi connectivity index (χ4v) is 2.81. The summed E-state index contributed by atoms with van der Waals surface area (Å²) in [5.41, 5.74) is 3.57. The molecular weight excluding hydrogens is 427 g/mol. The molecule has 4 heteroatoms. The minimum atomic E-state index is 0.770. The Balaban J connectivity index is 1.84. The monoisotopic (exact) mass is 438 g/mol. The molecule has 2 aromatic carbocycles. The standard InChI is InChI=1S/C16H12BrIN2/c17-16-4-2-1-3-13(16)10-20-11-14(9-19-20)12-5-7-15(18)8-6-12/h1-9,11H,10H2. The Morgan fingerprint density at radius 1 is 1.00 bits per heavy atom. The second-order valence-electron chi connectivity index (χ2n) is 4.52. The van der Waals surface area contributed by atoms with Crippen LogP contribution in [0, 0.1) is 3.57 Å². The van der Waals surface area contributed by atoms with Gasteiger partial charge in [0.1, 0.15) is 0 Å². The Hall–Kier alpha value is -1.14. The van der Waals surface area contributed by atoms with Crippen LogP contribution in [0.2, 0.25) is 0 Å². The Bertz CT molecular complexity index is 719. The highest BCUT2D eigenvalue weighted by Gasteiger charge is 2.04. The molecule has 0 saturated carbocycles. The van der Waals surface area contributed by atoms with E-state index in [9.17, 15) is 0 Å². The Labute approximate surface area is 140 Å². The summed E-state index contributed by atoms with van der Waals surface area (Å²) in [5.74, 6) is 0. The van der Waals surface area contributed by atoms with E-state index >= 15 is 0 Å². The summed E-state index contributed by atoms with van der Waals surface area (Å²) in [5, 5.41) is 4.45. The predicted molar refractivity (Wildman–Crippen MR) is 93.6 cm³/mol. The van der Waals surface area contributed by atoms with Gasteiger partial charge in [-0.1, -0.05) is 46.3 Å². The molecule has 0 aliphatic carbocycles. The minimum absolute atomic E-state index is 0.770. The normalized spacial score (nSPS) is 10.7. The number of rotatable bonds is 3. The van der Waals surface area contributed by atoms with E-state index in [0.717, 1.165) is 16.6 Å². The molecule has 0 amide bonds. The highest BCUT2D eigenvalue weighted by Crippen LogP contribution is 2.21. The Kier molecular flexibility index (Phi) is 4.21.